The summed E-state index contributed by atoms with van der Waals surface area (Å²) >= 11 is 0. The topological polar surface area (TPSA) is 56.0 Å². The van der Waals surface area contributed by atoms with E-state index in [-0.39, 0.29) is 6.10 Å². The third-order valence-corrected chi connectivity index (χ3v) is 2.79. The van der Waals surface area contributed by atoms with Gasteiger partial charge >= 0.3 is 0 Å². The molecule has 1 saturated carbocycles. The van der Waals surface area contributed by atoms with E-state index in [2.05, 4.69) is 11.4 Å². The number of nitrogens with one attached hydrogen (secondary N) is 1. The first kappa shape index (κ1) is 10.2. The molecular weight excluding hydrogens is 188 g/mol. The molecule has 0 atom stereocenters. The van der Waals surface area contributed by atoms with Crippen LogP contribution < -0.4 is 5.32 Å². The normalized spacial score (nSPS) is 24.3. The zero-order valence-electron chi connectivity index (χ0n) is 8.48. The SMILES string of the molecule is N#Cc1ccc(CNC2CC(O)C2)cc1. The van der Waals surface area contributed by atoms with Crippen LogP contribution in [0.5, 0.6) is 0 Å². The molecule has 0 spiro atoms. The van der Waals surface area contributed by atoms with Gasteiger partial charge in [0.05, 0.1) is 17.7 Å². The number of aliphatic hydroxyl groups is 1. The molecule has 2 rings (SSSR count). The molecule has 0 saturated heterocycles. The summed E-state index contributed by atoms with van der Waals surface area (Å²) in [4.78, 5) is 0. The second-order valence-electron chi connectivity index (χ2n) is 4.01. The summed E-state index contributed by atoms with van der Waals surface area (Å²) in [5, 5.41) is 21.1. The maximum Gasteiger partial charge on any atom is 0.0991 e. The number of rotatable bonds is 3. The van der Waals surface area contributed by atoms with Gasteiger partial charge in [-0.05, 0) is 30.5 Å². The van der Waals surface area contributed by atoms with E-state index in [4.69, 9.17) is 10.4 Å². The van der Waals surface area contributed by atoms with Gasteiger partial charge in [0.1, 0.15) is 0 Å². The van der Waals surface area contributed by atoms with Crippen LogP contribution in [0.25, 0.3) is 0 Å². The highest BCUT2D eigenvalue weighted by molar-refractivity contribution is 5.31. The van der Waals surface area contributed by atoms with Gasteiger partial charge in [0.15, 0.2) is 0 Å². The van der Waals surface area contributed by atoms with E-state index in [1.54, 1.807) is 0 Å². The number of hydrogen-bond donors (Lipinski definition) is 2. The predicted molar refractivity (Wildman–Crippen MR) is 57.0 cm³/mol. The van der Waals surface area contributed by atoms with Gasteiger partial charge in [-0.15, -0.1) is 0 Å². The van der Waals surface area contributed by atoms with Crippen LogP contribution in [0.3, 0.4) is 0 Å². The summed E-state index contributed by atoms with van der Waals surface area (Å²) < 4.78 is 0. The molecule has 1 fully saturated rings. The van der Waals surface area contributed by atoms with Crippen LogP contribution in [0, 0.1) is 11.3 Å². The summed E-state index contributed by atoms with van der Waals surface area (Å²) in [6.07, 6.45) is 1.61. The van der Waals surface area contributed by atoms with Gasteiger partial charge in [0.25, 0.3) is 0 Å². The van der Waals surface area contributed by atoms with E-state index in [1.165, 1.54) is 5.56 Å². The van der Waals surface area contributed by atoms with Gasteiger partial charge in [-0.3, -0.25) is 0 Å². The van der Waals surface area contributed by atoms with Gasteiger partial charge in [0.2, 0.25) is 0 Å². The highest BCUT2D eigenvalue weighted by Crippen LogP contribution is 2.19. The first-order valence-corrected chi connectivity index (χ1v) is 5.18. The number of nitriles is 1. The largest absolute Gasteiger partial charge is 0.393 e. The Hall–Kier alpha value is -1.37. The third-order valence-electron chi connectivity index (χ3n) is 2.79. The van der Waals surface area contributed by atoms with Crippen LogP contribution in [0.15, 0.2) is 24.3 Å². The van der Waals surface area contributed by atoms with Gasteiger partial charge in [-0.2, -0.15) is 5.26 Å². The lowest BCUT2D eigenvalue weighted by molar-refractivity contribution is 0.0619. The fourth-order valence-electron chi connectivity index (χ4n) is 1.71. The smallest absolute Gasteiger partial charge is 0.0991 e. The molecule has 0 bridgehead atoms. The number of nitrogens with zero attached hydrogens (tertiary/aromatic N) is 1. The molecule has 78 valence electrons. The fourth-order valence-corrected chi connectivity index (χ4v) is 1.71. The van der Waals surface area contributed by atoms with Crippen molar-refractivity contribution >= 4 is 0 Å². The van der Waals surface area contributed by atoms with Crippen molar-refractivity contribution in [2.24, 2.45) is 0 Å². The molecule has 2 N–H and O–H groups in total. The zero-order valence-corrected chi connectivity index (χ0v) is 8.48. The van der Waals surface area contributed by atoms with E-state index in [0.29, 0.717) is 11.6 Å². The predicted octanol–water partition coefficient (Wildman–Crippen LogP) is 1.17. The van der Waals surface area contributed by atoms with Crippen molar-refractivity contribution in [2.45, 2.75) is 31.5 Å². The number of benzene rings is 1. The number of hydrogen-bond acceptors (Lipinski definition) is 3. The minimum Gasteiger partial charge on any atom is -0.393 e. The molecule has 1 aliphatic carbocycles. The van der Waals surface area contributed by atoms with Gasteiger partial charge in [-0.1, -0.05) is 12.1 Å². The van der Waals surface area contributed by atoms with E-state index in [1.807, 2.05) is 24.3 Å². The van der Waals surface area contributed by atoms with E-state index in [0.717, 1.165) is 19.4 Å². The van der Waals surface area contributed by atoms with Crippen LogP contribution in [0.1, 0.15) is 24.0 Å². The van der Waals surface area contributed by atoms with Crippen LogP contribution >= 0.6 is 0 Å². The highest BCUT2D eigenvalue weighted by atomic mass is 16.3. The molecular formula is C12H14N2O. The quantitative estimate of drug-likeness (QED) is 0.773. The Bertz CT molecular complexity index is 360. The standard InChI is InChI=1S/C12H14N2O/c13-7-9-1-3-10(4-2-9)8-14-11-5-12(15)6-11/h1-4,11-12,14-15H,5-6,8H2. The Morgan fingerprint density at radius 2 is 2.00 bits per heavy atom. The average molecular weight is 202 g/mol. The van der Waals surface area contributed by atoms with Crippen LogP contribution in [-0.4, -0.2) is 17.3 Å². The Balaban J connectivity index is 1.81. The van der Waals surface area contributed by atoms with Crippen molar-refractivity contribution < 1.29 is 5.11 Å². The van der Waals surface area contributed by atoms with Crippen molar-refractivity contribution in [3.8, 4) is 6.07 Å². The molecule has 3 nitrogen and oxygen atoms in total. The Morgan fingerprint density at radius 1 is 1.33 bits per heavy atom. The fraction of sp³-hybridized carbons (Fsp3) is 0.417. The molecule has 0 heterocycles. The molecule has 0 amide bonds. The first-order valence-electron chi connectivity index (χ1n) is 5.18. The van der Waals surface area contributed by atoms with Crippen LogP contribution in [-0.2, 0) is 6.54 Å². The minimum absolute atomic E-state index is 0.108. The molecule has 0 radical (unpaired) electrons. The molecule has 3 heteroatoms. The van der Waals surface area contributed by atoms with E-state index in [9.17, 15) is 0 Å². The van der Waals surface area contributed by atoms with Gasteiger partial charge in [-0.25, -0.2) is 0 Å². The van der Waals surface area contributed by atoms with Crippen molar-refractivity contribution in [3.05, 3.63) is 35.4 Å². The summed E-state index contributed by atoms with van der Waals surface area (Å²) in [6, 6.07) is 10.1. The molecule has 1 aromatic carbocycles. The lowest BCUT2D eigenvalue weighted by Crippen LogP contribution is -2.43. The van der Waals surface area contributed by atoms with Crippen molar-refractivity contribution in [3.63, 3.8) is 0 Å². The number of aliphatic hydroxyl groups excluding tert-OH is 1. The monoisotopic (exact) mass is 202 g/mol. The molecule has 15 heavy (non-hydrogen) atoms. The highest BCUT2D eigenvalue weighted by Gasteiger charge is 2.26. The lowest BCUT2D eigenvalue weighted by Gasteiger charge is -2.32. The summed E-state index contributed by atoms with van der Waals surface area (Å²) in [5.41, 5.74) is 1.87. The molecule has 0 aliphatic heterocycles. The summed E-state index contributed by atoms with van der Waals surface area (Å²) in [5.74, 6) is 0. The van der Waals surface area contributed by atoms with E-state index >= 15 is 0 Å². The Labute approximate surface area is 89.4 Å². The van der Waals surface area contributed by atoms with Gasteiger partial charge < -0.3 is 10.4 Å². The molecule has 1 aromatic rings. The lowest BCUT2D eigenvalue weighted by atomic mass is 9.89. The first-order chi connectivity index (χ1) is 7.28. The average Bonchev–Trinajstić information content (AvgIpc) is 2.23. The van der Waals surface area contributed by atoms with Crippen molar-refractivity contribution in [1.82, 2.24) is 5.32 Å². The Kier molecular flexibility index (Phi) is 3.00. The minimum atomic E-state index is -0.108. The van der Waals surface area contributed by atoms with Crippen LogP contribution in [0.4, 0.5) is 0 Å². The summed E-state index contributed by atoms with van der Waals surface area (Å²) in [7, 11) is 0. The third kappa shape index (κ3) is 2.56. The van der Waals surface area contributed by atoms with Crippen molar-refractivity contribution in [2.75, 3.05) is 0 Å². The summed E-state index contributed by atoms with van der Waals surface area (Å²) in [6.45, 7) is 0.809. The van der Waals surface area contributed by atoms with E-state index < -0.39 is 0 Å². The maximum atomic E-state index is 9.11. The molecule has 0 aromatic heterocycles. The van der Waals surface area contributed by atoms with Crippen molar-refractivity contribution in [1.29, 1.82) is 5.26 Å². The van der Waals surface area contributed by atoms with Gasteiger partial charge in [0, 0.05) is 12.6 Å². The second-order valence-corrected chi connectivity index (χ2v) is 4.01. The Morgan fingerprint density at radius 3 is 2.53 bits per heavy atom. The zero-order chi connectivity index (χ0) is 10.7. The molecule has 1 aliphatic rings. The maximum absolute atomic E-state index is 9.11. The molecule has 0 unspecified atom stereocenters. The second kappa shape index (κ2) is 4.43. The van der Waals surface area contributed by atoms with Crippen LogP contribution in [0.2, 0.25) is 0 Å².